The Kier molecular flexibility index (Phi) is 4.87. The minimum Gasteiger partial charge on any atom is -0.481 e. The molecule has 0 saturated carbocycles. The number of aryl methyl sites for hydroxylation is 1. The van der Waals surface area contributed by atoms with Crippen molar-refractivity contribution in [3.8, 4) is 0 Å². The Balaban J connectivity index is 2.57. The van der Waals surface area contributed by atoms with E-state index in [1.165, 1.54) is 0 Å². The van der Waals surface area contributed by atoms with Crippen LogP contribution in [0.3, 0.4) is 0 Å². The van der Waals surface area contributed by atoms with Crippen molar-refractivity contribution in [3.63, 3.8) is 0 Å². The Bertz CT molecular complexity index is 411. The van der Waals surface area contributed by atoms with Crippen LogP contribution in [0.2, 0.25) is 0 Å². The van der Waals surface area contributed by atoms with Gasteiger partial charge in [0.25, 0.3) is 0 Å². The first kappa shape index (κ1) is 13.9. The Morgan fingerprint density at radius 2 is 1.82 bits per heavy atom. The predicted molar refractivity (Wildman–Crippen MR) is 62.8 cm³/mol. The topological polar surface area (TPSA) is 94.8 Å². The number of aliphatic carboxylic acids is 1. The normalized spacial score (nSPS) is 13.3. The summed E-state index contributed by atoms with van der Waals surface area (Å²) in [5.74, 6) is -2.17. The molecule has 0 bridgehead atoms. The van der Waals surface area contributed by atoms with Crippen molar-refractivity contribution in [1.29, 1.82) is 0 Å². The van der Waals surface area contributed by atoms with Gasteiger partial charge in [-0.2, -0.15) is 0 Å². The van der Waals surface area contributed by atoms with Crippen molar-refractivity contribution in [2.75, 3.05) is 6.16 Å². The van der Waals surface area contributed by atoms with E-state index in [1.807, 2.05) is 30.3 Å². The van der Waals surface area contributed by atoms with Crippen molar-refractivity contribution in [2.45, 2.75) is 12.8 Å². The van der Waals surface area contributed by atoms with Crippen LogP contribution in [0.15, 0.2) is 30.3 Å². The molecule has 5 nitrogen and oxygen atoms in total. The molecule has 3 N–H and O–H groups in total. The Labute approximate surface area is 99.3 Å². The van der Waals surface area contributed by atoms with Crippen molar-refractivity contribution in [2.24, 2.45) is 5.92 Å². The molecule has 1 rings (SSSR count). The van der Waals surface area contributed by atoms with Crippen LogP contribution in [0, 0.1) is 5.92 Å². The van der Waals surface area contributed by atoms with Crippen LogP contribution in [-0.2, 0) is 15.8 Å². The summed E-state index contributed by atoms with van der Waals surface area (Å²) in [5.41, 5.74) is 0.962. The second kappa shape index (κ2) is 5.96. The third kappa shape index (κ3) is 5.63. The highest BCUT2D eigenvalue weighted by atomic mass is 31.2. The number of hydrogen-bond donors (Lipinski definition) is 3. The van der Waals surface area contributed by atoms with E-state index >= 15 is 0 Å². The fourth-order valence-corrected chi connectivity index (χ4v) is 2.48. The molecule has 0 fully saturated rings. The highest BCUT2D eigenvalue weighted by Gasteiger charge is 2.26. The first-order chi connectivity index (χ1) is 7.88. The van der Waals surface area contributed by atoms with Gasteiger partial charge in [-0.1, -0.05) is 30.3 Å². The van der Waals surface area contributed by atoms with Crippen LogP contribution in [0.25, 0.3) is 0 Å². The van der Waals surface area contributed by atoms with E-state index in [9.17, 15) is 9.36 Å². The highest BCUT2D eigenvalue weighted by Crippen LogP contribution is 2.38. The van der Waals surface area contributed by atoms with E-state index in [0.717, 1.165) is 5.56 Å². The number of carboxylic acids is 1. The van der Waals surface area contributed by atoms with Gasteiger partial charge < -0.3 is 14.9 Å². The Hall–Kier alpha value is -1.16. The summed E-state index contributed by atoms with van der Waals surface area (Å²) in [6.45, 7) is 0. The van der Waals surface area contributed by atoms with E-state index < -0.39 is 25.6 Å². The summed E-state index contributed by atoms with van der Waals surface area (Å²) in [6.07, 6.45) is 0.122. The second-order valence-corrected chi connectivity index (χ2v) is 5.60. The maximum atomic E-state index is 10.9. The van der Waals surface area contributed by atoms with Crippen molar-refractivity contribution < 1.29 is 24.3 Å². The smallest absolute Gasteiger partial charge is 0.326 e. The minimum atomic E-state index is -4.28. The third-order valence-corrected chi connectivity index (χ3v) is 3.35. The van der Waals surface area contributed by atoms with Gasteiger partial charge in [0, 0.05) is 0 Å². The zero-order valence-electron chi connectivity index (χ0n) is 9.19. The monoisotopic (exact) mass is 258 g/mol. The van der Waals surface area contributed by atoms with Gasteiger partial charge >= 0.3 is 13.6 Å². The third-order valence-electron chi connectivity index (χ3n) is 2.43. The minimum absolute atomic E-state index is 0.227. The van der Waals surface area contributed by atoms with E-state index in [2.05, 4.69) is 0 Å². The van der Waals surface area contributed by atoms with Gasteiger partial charge in [-0.05, 0) is 18.4 Å². The van der Waals surface area contributed by atoms with Crippen LogP contribution >= 0.6 is 7.60 Å². The van der Waals surface area contributed by atoms with Crippen LogP contribution in [0.1, 0.15) is 12.0 Å². The van der Waals surface area contributed by atoms with Gasteiger partial charge in [0.2, 0.25) is 0 Å². The number of benzene rings is 1. The van der Waals surface area contributed by atoms with Crippen molar-refractivity contribution in [1.82, 2.24) is 0 Å². The lowest BCUT2D eigenvalue weighted by Gasteiger charge is -2.12. The Morgan fingerprint density at radius 1 is 1.24 bits per heavy atom. The first-order valence-electron chi connectivity index (χ1n) is 5.20. The van der Waals surface area contributed by atoms with E-state index in [-0.39, 0.29) is 6.42 Å². The molecule has 0 heterocycles. The fourth-order valence-electron chi connectivity index (χ4n) is 1.57. The summed E-state index contributed by atoms with van der Waals surface area (Å²) < 4.78 is 10.8. The van der Waals surface area contributed by atoms with Crippen LogP contribution in [0.5, 0.6) is 0 Å². The maximum Gasteiger partial charge on any atom is 0.326 e. The maximum absolute atomic E-state index is 10.9. The molecule has 0 saturated heterocycles. The Morgan fingerprint density at radius 3 is 2.29 bits per heavy atom. The summed E-state index contributed by atoms with van der Waals surface area (Å²) in [7, 11) is -4.28. The molecule has 1 unspecified atom stereocenters. The summed E-state index contributed by atoms with van der Waals surface area (Å²) >= 11 is 0. The highest BCUT2D eigenvalue weighted by molar-refractivity contribution is 7.51. The van der Waals surface area contributed by atoms with Crippen LogP contribution < -0.4 is 0 Å². The average molecular weight is 258 g/mol. The zero-order valence-corrected chi connectivity index (χ0v) is 10.1. The van der Waals surface area contributed by atoms with Gasteiger partial charge in [-0.3, -0.25) is 9.36 Å². The molecule has 94 valence electrons. The zero-order chi connectivity index (χ0) is 12.9. The molecule has 0 aromatic heterocycles. The van der Waals surface area contributed by atoms with Gasteiger partial charge in [-0.25, -0.2) is 0 Å². The van der Waals surface area contributed by atoms with Gasteiger partial charge in [0.15, 0.2) is 0 Å². The molecule has 1 aromatic carbocycles. The van der Waals surface area contributed by atoms with Crippen molar-refractivity contribution >= 4 is 13.6 Å². The predicted octanol–water partition coefficient (Wildman–Crippen LogP) is 1.50. The van der Waals surface area contributed by atoms with Gasteiger partial charge in [0.1, 0.15) is 0 Å². The molecule has 0 aliphatic rings. The van der Waals surface area contributed by atoms with Crippen LogP contribution in [-0.4, -0.2) is 27.0 Å². The molecular weight excluding hydrogens is 243 g/mol. The number of carboxylic acid groups (broad SMARTS) is 1. The lowest BCUT2D eigenvalue weighted by Crippen LogP contribution is -2.19. The lowest BCUT2D eigenvalue weighted by atomic mass is 10.0. The summed E-state index contributed by atoms with van der Waals surface area (Å²) in [5, 5.41) is 8.87. The standard InChI is InChI=1S/C11H15O5P/c12-11(13)10(8-17(14,15)16)7-6-9-4-2-1-3-5-9/h1-5,10H,6-8H2,(H,12,13)(H2,14,15,16). The molecule has 1 aromatic rings. The van der Waals surface area contributed by atoms with E-state index in [4.69, 9.17) is 14.9 Å². The van der Waals surface area contributed by atoms with Crippen LogP contribution in [0.4, 0.5) is 0 Å². The van der Waals surface area contributed by atoms with E-state index in [1.54, 1.807) is 0 Å². The first-order valence-corrected chi connectivity index (χ1v) is 6.99. The molecule has 0 amide bonds. The summed E-state index contributed by atoms with van der Waals surface area (Å²) in [4.78, 5) is 28.4. The van der Waals surface area contributed by atoms with Gasteiger partial charge in [-0.15, -0.1) is 0 Å². The molecule has 0 aliphatic carbocycles. The van der Waals surface area contributed by atoms with Crippen molar-refractivity contribution in [3.05, 3.63) is 35.9 Å². The number of carbonyl (C=O) groups is 1. The largest absolute Gasteiger partial charge is 0.481 e. The molecule has 1 atom stereocenters. The van der Waals surface area contributed by atoms with Gasteiger partial charge in [0.05, 0.1) is 12.1 Å². The number of hydrogen-bond acceptors (Lipinski definition) is 2. The quantitative estimate of drug-likeness (QED) is 0.672. The second-order valence-electron chi connectivity index (χ2n) is 3.91. The van der Waals surface area contributed by atoms with E-state index in [0.29, 0.717) is 6.42 Å². The SMILES string of the molecule is O=C(O)C(CCc1ccccc1)CP(=O)(O)O. The number of rotatable bonds is 6. The summed E-state index contributed by atoms with van der Waals surface area (Å²) in [6, 6.07) is 9.25. The average Bonchev–Trinajstić information content (AvgIpc) is 2.24. The lowest BCUT2D eigenvalue weighted by molar-refractivity contribution is -0.141. The molecule has 17 heavy (non-hydrogen) atoms. The molecular formula is C11H15O5P. The molecule has 6 heteroatoms. The molecule has 0 radical (unpaired) electrons. The molecule has 0 spiro atoms. The fraction of sp³-hybridized carbons (Fsp3) is 0.364. The molecule has 0 aliphatic heterocycles.